The Morgan fingerprint density at radius 2 is 2.38 bits per heavy atom. The van der Waals surface area contributed by atoms with Crippen LogP contribution in [-0.4, -0.2) is 51.1 Å². The molecule has 1 fully saturated rings. The van der Waals surface area contributed by atoms with Gasteiger partial charge in [0.2, 0.25) is 0 Å². The summed E-state index contributed by atoms with van der Waals surface area (Å²) in [5, 5.41) is 8.79. The summed E-state index contributed by atoms with van der Waals surface area (Å²) in [4.78, 5) is 18.6. The maximum absolute atomic E-state index is 12.7. The van der Waals surface area contributed by atoms with E-state index in [1.807, 2.05) is 16.7 Å². The summed E-state index contributed by atoms with van der Waals surface area (Å²) in [6.07, 6.45) is 3.63. The van der Waals surface area contributed by atoms with E-state index in [0.717, 1.165) is 18.8 Å². The number of rotatable bonds is 2. The Balaban J connectivity index is 2.21. The van der Waals surface area contributed by atoms with Crippen molar-refractivity contribution >= 4 is 17.7 Å². The monoisotopic (exact) mass is 304 g/mol. The number of carbonyl (C=O) groups is 1. The first kappa shape index (κ1) is 15.9. The number of thioether (sulfide) groups is 1. The van der Waals surface area contributed by atoms with Crippen LogP contribution in [0.4, 0.5) is 0 Å². The predicted octanol–water partition coefficient (Wildman–Crippen LogP) is 1.78. The number of hydrogen-bond acceptors (Lipinski definition) is 4. The number of aliphatic hydroxyl groups is 1. The highest BCUT2D eigenvalue weighted by molar-refractivity contribution is 8.00. The molecule has 1 amide bonds. The van der Waals surface area contributed by atoms with Gasteiger partial charge in [-0.1, -0.05) is 11.8 Å². The molecule has 0 radical (unpaired) electrons. The highest BCUT2D eigenvalue weighted by Crippen LogP contribution is 2.30. The van der Waals surface area contributed by atoms with Crippen LogP contribution in [-0.2, 0) is 0 Å². The molecule has 21 heavy (non-hydrogen) atoms. The molecule has 2 rings (SSSR count). The first-order chi connectivity index (χ1) is 10.0. The van der Waals surface area contributed by atoms with Gasteiger partial charge in [-0.05, 0) is 19.9 Å². The van der Waals surface area contributed by atoms with Gasteiger partial charge < -0.3 is 10.0 Å². The summed E-state index contributed by atoms with van der Waals surface area (Å²) in [5.41, 5.74) is 1.23. The third-order valence-electron chi connectivity index (χ3n) is 3.22. The maximum atomic E-state index is 12.7. The Morgan fingerprint density at radius 1 is 1.57 bits per heavy atom. The van der Waals surface area contributed by atoms with Crippen LogP contribution in [0.15, 0.2) is 18.5 Å². The van der Waals surface area contributed by atoms with Crippen molar-refractivity contribution in [3.05, 3.63) is 29.6 Å². The molecule has 1 aliphatic rings. The molecule has 1 aromatic rings. The average Bonchev–Trinajstić information content (AvgIpc) is 2.46. The van der Waals surface area contributed by atoms with Gasteiger partial charge in [-0.25, -0.2) is 0 Å². The molecule has 0 aromatic carbocycles. The molecule has 4 nitrogen and oxygen atoms in total. The van der Waals surface area contributed by atoms with Crippen molar-refractivity contribution < 1.29 is 9.90 Å². The van der Waals surface area contributed by atoms with Gasteiger partial charge in [-0.2, -0.15) is 11.8 Å². The van der Waals surface area contributed by atoms with Gasteiger partial charge >= 0.3 is 0 Å². The third-order valence-corrected chi connectivity index (χ3v) is 4.52. The predicted molar refractivity (Wildman–Crippen MR) is 85.3 cm³/mol. The van der Waals surface area contributed by atoms with Crippen LogP contribution in [0.25, 0.3) is 0 Å². The van der Waals surface area contributed by atoms with Crippen molar-refractivity contribution in [1.29, 1.82) is 0 Å². The molecule has 0 atom stereocenters. The second-order valence-electron chi connectivity index (χ2n) is 5.53. The summed E-state index contributed by atoms with van der Waals surface area (Å²) in [6.45, 7) is 5.84. The Bertz CT molecular complexity index is 575. The first-order valence-corrected chi connectivity index (χ1v) is 7.99. The van der Waals surface area contributed by atoms with E-state index in [2.05, 4.69) is 30.7 Å². The number of carbonyl (C=O) groups excluding carboxylic acids is 1. The Morgan fingerprint density at radius 3 is 3.10 bits per heavy atom. The van der Waals surface area contributed by atoms with Crippen molar-refractivity contribution in [1.82, 2.24) is 9.88 Å². The summed E-state index contributed by atoms with van der Waals surface area (Å²) < 4.78 is 0.0870. The average molecular weight is 304 g/mol. The van der Waals surface area contributed by atoms with Gasteiger partial charge in [0.1, 0.15) is 0 Å². The largest absolute Gasteiger partial charge is 0.395 e. The highest BCUT2D eigenvalue weighted by Gasteiger charge is 2.30. The van der Waals surface area contributed by atoms with E-state index in [1.54, 1.807) is 18.5 Å². The molecule has 0 saturated carbocycles. The molecule has 0 aliphatic carbocycles. The Hall–Kier alpha value is -1.51. The zero-order chi connectivity index (χ0) is 15.3. The topological polar surface area (TPSA) is 53.4 Å². The van der Waals surface area contributed by atoms with Gasteiger partial charge in [0.05, 0.1) is 17.7 Å². The van der Waals surface area contributed by atoms with E-state index in [9.17, 15) is 4.79 Å². The summed E-state index contributed by atoms with van der Waals surface area (Å²) in [7, 11) is 0. The molecule has 1 saturated heterocycles. The van der Waals surface area contributed by atoms with Crippen LogP contribution in [0.2, 0.25) is 0 Å². The molecule has 0 bridgehead atoms. The zero-order valence-corrected chi connectivity index (χ0v) is 13.2. The minimum absolute atomic E-state index is 0.0130. The van der Waals surface area contributed by atoms with Gasteiger partial charge in [0.25, 0.3) is 5.91 Å². The van der Waals surface area contributed by atoms with Gasteiger partial charge in [-0.3, -0.25) is 9.78 Å². The van der Waals surface area contributed by atoms with Crippen molar-refractivity contribution in [3.63, 3.8) is 0 Å². The van der Waals surface area contributed by atoms with Crippen LogP contribution in [0.1, 0.15) is 36.2 Å². The van der Waals surface area contributed by atoms with Crippen molar-refractivity contribution in [2.75, 3.05) is 25.4 Å². The molecular weight excluding hydrogens is 284 g/mol. The van der Waals surface area contributed by atoms with E-state index >= 15 is 0 Å². The Kier molecular flexibility index (Phi) is 5.27. The number of amides is 1. The molecular formula is C16H20N2O2S. The summed E-state index contributed by atoms with van der Waals surface area (Å²) in [5.74, 6) is 6.75. The SMILES string of the molecule is CC1(C)CN(C(=O)c2ccncc2C#CCCO)CCS1. The van der Waals surface area contributed by atoms with Crippen LogP contribution in [0.3, 0.4) is 0 Å². The van der Waals surface area contributed by atoms with Gasteiger partial charge in [-0.15, -0.1) is 0 Å². The van der Waals surface area contributed by atoms with Crippen LogP contribution < -0.4 is 0 Å². The van der Waals surface area contributed by atoms with Gasteiger partial charge in [0.15, 0.2) is 0 Å². The fourth-order valence-corrected chi connectivity index (χ4v) is 3.37. The molecule has 1 aromatic heterocycles. The van der Waals surface area contributed by atoms with E-state index in [1.165, 1.54) is 0 Å². The molecule has 112 valence electrons. The fraction of sp³-hybridized carbons (Fsp3) is 0.500. The van der Waals surface area contributed by atoms with Crippen molar-refractivity contribution in [3.8, 4) is 11.8 Å². The number of pyridine rings is 1. The lowest BCUT2D eigenvalue weighted by atomic mass is 10.1. The number of aliphatic hydroxyl groups excluding tert-OH is 1. The normalized spacial score (nSPS) is 17.0. The molecule has 0 unspecified atom stereocenters. The lowest BCUT2D eigenvalue weighted by Gasteiger charge is -2.37. The number of nitrogens with zero attached hydrogens (tertiary/aromatic N) is 2. The fourth-order valence-electron chi connectivity index (χ4n) is 2.25. The lowest BCUT2D eigenvalue weighted by Crippen LogP contribution is -2.46. The van der Waals surface area contributed by atoms with Crippen LogP contribution >= 0.6 is 11.8 Å². The quantitative estimate of drug-likeness (QED) is 0.846. The maximum Gasteiger partial charge on any atom is 0.255 e. The van der Waals surface area contributed by atoms with Crippen molar-refractivity contribution in [2.45, 2.75) is 25.0 Å². The molecule has 1 aliphatic heterocycles. The van der Waals surface area contributed by atoms with Crippen molar-refractivity contribution in [2.24, 2.45) is 0 Å². The van der Waals surface area contributed by atoms with E-state index in [0.29, 0.717) is 17.5 Å². The first-order valence-electron chi connectivity index (χ1n) is 7.00. The van der Waals surface area contributed by atoms with E-state index < -0.39 is 0 Å². The van der Waals surface area contributed by atoms with E-state index in [-0.39, 0.29) is 17.3 Å². The van der Waals surface area contributed by atoms with Crippen LogP contribution in [0.5, 0.6) is 0 Å². The second-order valence-corrected chi connectivity index (χ2v) is 7.33. The molecule has 5 heteroatoms. The summed E-state index contributed by atoms with van der Waals surface area (Å²) in [6, 6.07) is 1.72. The minimum atomic E-state index is 0.0130. The smallest absolute Gasteiger partial charge is 0.255 e. The number of aromatic nitrogens is 1. The standard InChI is InChI=1S/C16H20N2O2S/c1-16(2)12-18(8-10-21-16)15(20)14-6-7-17-11-13(14)5-3-4-9-19/h6-7,11,19H,4,8-10,12H2,1-2H3. The Labute approximate surface area is 129 Å². The minimum Gasteiger partial charge on any atom is -0.395 e. The molecule has 0 spiro atoms. The summed E-state index contributed by atoms with van der Waals surface area (Å²) >= 11 is 1.90. The second kappa shape index (κ2) is 6.97. The van der Waals surface area contributed by atoms with Gasteiger partial charge in [0, 0.05) is 42.4 Å². The molecule has 1 N–H and O–H groups in total. The third kappa shape index (κ3) is 4.23. The number of hydrogen-bond donors (Lipinski definition) is 1. The van der Waals surface area contributed by atoms with Crippen LogP contribution in [0, 0.1) is 11.8 Å². The zero-order valence-electron chi connectivity index (χ0n) is 12.4. The van der Waals surface area contributed by atoms with E-state index in [4.69, 9.17) is 5.11 Å². The highest BCUT2D eigenvalue weighted by atomic mass is 32.2. The molecule has 2 heterocycles. The lowest BCUT2D eigenvalue weighted by molar-refractivity contribution is 0.0747.